The zero-order valence-corrected chi connectivity index (χ0v) is 19.0. The van der Waals surface area contributed by atoms with Crippen LogP contribution in [0, 0.1) is 5.92 Å². The summed E-state index contributed by atoms with van der Waals surface area (Å²) in [5.74, 6) is -0.0814. The summed E-state index contributed by atoms with van der Waals surface area (Å²) in [5, 5.41) is 9.86. The summed E-state index contributed by atoms with van der Waals surface area (Å²) >= 11 is 0. The molecule has 0 saturated carbocycles. The molecule has 0 fully saturated rings. The number of anilines is 2. The lowest BCUT2D eigenvalue weighted by Crippen LogP contribution is -2.57. The third-order valence-electron chi connectivity index (χ3n) is 5.93. The molecule has 2 aliphatic heterocycles. The monoisotopic (exact) mass is 497 g/mol. The Morgan fingerprint density at radius 3 is 2.51 bits per heavy atom. The molecule has 188 valence electrons. The van der Waals surface area contributed by atoms with Crippen molar-refractivity contribution in [3.63, 3.8) is 0 Å². The Morgan fingerprint density at radius 1 is 1.06 bits per heavy atom. The van der Waals surface area contributed by atoms with Crippen LogP contribution in [0.25, 0.3) is 0 Å². The summed E-state index contributed by atoms with van der Waals surface area (Å²) in [6, 6.07) is 7.14. The fourth-order valence-electron chi connectivity index (χ4n) is 4.12. The molecule has 5 nitrogen and oxygen atoms in total. The van der Waals surface area contributed by atoms with Crippen LogP contribution in [0.15, 0.2) is 66.1 Å². The first-order valence-corrected chi connectivity index (χ1v) is 11.1. The summed E-state index contributed by atoms with van der Waals surface area (Å²) in [4.78, 5) is 5.41. The van der Waals surface area contributed by atoms with E-state index < -0.39 is 29.6 Å². The smallest absolute Gasteiger partial charge is 0.369 e. The summed E-state index contributed by atoms with van der Waals surface area (Å²) in [5.41, 5.74) is 0.173. The van der Waals surface area contributed by atoms with Gasteiger partial charge in [-0.2, -0.15) is 26.3 Å². The Balaban J connectivity index is 1.63. The van der Waals surface area contributed by atoms with Gasteiger partial charge in [-0.15, -0.1) is 0 Å². The normalized spacial score (nSPS) is 21.0. The maximum absolute atomic E-state index is 13.5. The van der Waals surface area contributed by atoms with Gasteiger partial charge in [0.15, 0.2) is 0 Å². The lowest BCUT2D eigenvalue weighted by molar-refractivity contribution is -0.138. The summed E-state index contributed by atoms with van der Waals surface area (Å²) in [6.07, 6.45) is -4.89. The maximum Gasteiger partial charge on any atom is 0.419 e. The standard InChI is InChI=1S/C24H25F6N5/c1-14(2)20-33-19-9-12-35(22-18(24(28,29)30)7-4-10-31-22)11-8-17(19)21(34-20)32-16-6-3-5-15(13-16)23(25,26)27/h3-7,9-10,12-14,20-21,32-34H,8,11H2,1-2H3. The zero-order chi connectivity index (χ0) is 25.4. The highest BCUT2D eigenvalue weighted by molar-refractivity contribution is 5.54. The second-order valence-corrected chi connectivity index (χ2v) is 8.76. The second kappa shape index (κ2) is 9.44. The third-order valence-corrected chi connectivity index (χ3v) is 5.93. The van der Waals surface area contributed by atoms with E-state index >= 15 is 0 Å². The summed E-state index contributed by atoms with van der Waals surface area (Å²) in [6.45, 7) is 4.16. The minimum Gasteiger partial charge on any atom is -0.369 e. The van der Waals surface area contributed by atoms with Gasteiger partial charge >= 0.3 is 12.4 Å². The van der Waals surface area contributed by atoms with Crippen LogP contribution in [-0.2, 0) is 12.4 Å². The van der Waals surface area contributed by atoms with Crippen LogP contribution >= 0.6 is 0 Å². The van der Waals surface area contributed by atoms with Crippen LogP contribution in [0.4, 0.5) is 37.8 Å². The number of nitrogens with zero attached hydrogens (tertiary/aromatic N) is 2. The number of pyridine rings is 1. The van der Waals surface area contributed by atoms with Crippen LogP contribution in [-0.4, -0.2) is 23.9 Å². The molecule has 2 unspecified atom stereocenters. The quantitative estimate of drug-likeness (QED) is 0.473. The van der Waals surface area contributed by atoms with Crippen LogP contribution in [0.5, 0.6) is 0 Å². The van der Waals surface area contributed by atoms with Crippen molar-refractivity contribution in [2.24, 2.45) is 5.92 Å². The van der Waals surface area contributed by atoms with Gasteiger partial charge in [0, 0.05) is 30.3 Å². The molecular formula is C24H25F6N5. The third kappa shape index (κ3) is 5.55. The first-order valence-electron chi connectivity index (χ1n) is 11.1. The van der Waals surface area contributed by atoms with Crippen molar-refractivity contribution in [2.45, 2.75) is 45.0 Å². The van der Waals surface area contributed by atoms with E-state index in [1.165, 1.54) is 23.2 Å². The molecule has 2 aliphatic rings. The first kappa shape index (κ1) is 24.9. The Hall–Kier alpha value is -3.21. The number of halogens is 6. The fourth-order valence-corrected chi connectivity index (χ4v) is 4.12. The molecule has 0 spiro atoms. The van der Waals surface area contributed by atoms with Crippen LogP contribution in [0.1, 0.15) is 31.4 Å². The number of aromatic nitrogens is 1. The molecule has 0 bridgehead atoms. The van der Waals surface area contributed by atoms with Gasteiger partial charge < -0.3 is 15.5 Å². The molecule has 3 N–H and O–H groups in total. The van der Waals surface area contributed by atoms with E-state index in [4.69, 9.17) is 0 Å². The van der Waals surface area contributed by atoms with Gasteiger partial charge in [-0.25, -0.2) is 4.98 Å². The number of rotatable bonds is 4. The van der Waals surface area contributed by atoms with Crippen LogP contribution < -0.4 is 20.9 Å². The van der Waals surface area contributed by atoms with E-state index in [-0.39, 0.29) is 30.1 Å². The number of hydrogen-bond acceptors (Lipinski definition) is 5. The van der Waals surface area contributed by atoms with Gasteiger partial charge in [-0.05, 0) is 54.3 Å². The minimum atomic E-state index is -4.56. The number of nitrogens with one attached hydrogen (secondary N) is 3. The number of hydrogen-bond donors (Lipinski definition) is 3. The van der Waals surface area contributed by atoms with Gasteiger partial charge in [0.2, 0.25) is 0 Å². The van der Waals surface area contributed by atoms with Gasteiger partial charge in [-0.1, -0.05) is 19.9 Å². The van der Waals surface area contributed by atoms with Gasteiger partial charge in [0.25, 0.3) is 0 Å². The van der Waals surface area contributed by atoms with Crippen molar-refractivity contribution in [2.75, 3.05) is 16.8 Å². The van der Waals surface area contributed by atoms with Crippen molar-refractivity contribution in [1.29, 1.82) is 0 Å². The summed E-state index contributed by atoms with van der Waals surface area (Å²) < 4.78 is 80.2. The van der Waals surface area contributed by atoms with Crippen molar-refractivity contribution >= 4 is 11.5 Å². The fraction of sp³-hybridized carbons (Fsp3) is 0.375. The molecule has 2 atom stereocenters. The molecule has 2 aromatic rings. The Labute approximate surface area is 198 Å². The average molecular weight is 497 g/mol. The largest absolute Gasteiger partial charge is 0.419 e. The van der Waals surface area contributed by atoms with Gasteiger partial charge in [0.1, 0.15) is 12.0 Å². The molecule has 1 aromatic carbocycles. The Bertz CT molecular complexity index is 1120. The summed E-state index contributed by atoms with van der Waals surface area (Å²) in [7, 11) is 0. The van der Waals surface area contributed by atoms with E-state index in [9.17, 15) is 26.3 Å². The lowest BCUT2D eigenvalue weighted by atomic mass is 10.00. The highest BCUT2D eigenvalue weighted by Crippen LogP contribution is 2.37. The van der Waals surface area contributed by atoms with Gasteiger partial charge in [0.05, 0.1) is 17.3 Å². The molecule has 1 aromatic heterocycles. The zero-order valence-electron chi connectivity index (χ0n) is 19.0. The highest BCUT2D eigenvalue weighted by Gasteiger charge is 2.37. The average Bonchev–Trinajstić information content (AvgIpc) is 3.01. The van der Waals surface area contributed by atoms with Crippen LogP contribution in [0.2, 0.25) is 0 Å². The Morgan fingerprint density at radius 2 is 1.83 bits per heavy atom. The molecule has 0 radical (unpaired) electrons. The molecule has 11 heteroatoms. The van der Waals surface area contributed by atoms with E-state index in [2.05, 4.69) is 20.9 Å². The number of allylic oxidation sites excluding steroid dienone is 1. The molecule has 3 heterocycles. The van der Waals surface area contributed by atoms with E-state index in [0.717, 1.165) is 23.8 Å². The van der Waals surface area contributed by atoms with Crippen molar-refractivity contribution in [3.8, 4) is 0 Å². The predicted molar refractivity (Wildman–Crippen MR) is 121 cm³/mol. The topological polar surface area (TPSA) is 52.2 Å². The first-order chi connectivity index (χ1) is 16.4. The van der Waals surface area contributed by atoms with Gasteiger partial charge in [-0.3, -0.25) is 5.32 Å². The minimum absolute atomic E-state index is 0.121. The molecule has 0 aliphatic carbocycles. The molecule has 4 rings (SSSR count). The molecule has 35 heavy (non-hydrogen) atoms. The lowest BCUT2D eigenvalue weighted by Gasteiger charge is -2.38. The predicted octanol–water partition coefficient (Wildman–Crippen LogP) is 5.71. The van der Waals surface area contributed by atoms with Crippen molar-refractivity contribution in [3.05, 3.63) is 77.3 Å². The Kier molecular flexibility index (Phi) is 6.72. The second-order valence-electron chi connectivity index (χ2n) is 8.76. The molecular weight excluding hydrogens is 472 g/mol. The van der Waals surface area contributed by atoms with Crippen molar-refractivity contribution < 1.29 is 26.3 Å². The highest BCUT2D eigenvalue weighted by atomic mass is 19.4. The van der Waals surface area contributed by atoms with Crippen LogP contribution in [0.3, 0.4) is 0 Å². The van der Waals surface area contributed by atoms with E-state index in [1.807, 2.05) is 13.8 Å². The SMILES string of the molecule is CC(C)C1NC2=C(CCN(c3ncccc3C(F)(F)F)C=C2)C(Nc2cccc(C(F)(F)F)c2)N1. The van der Waals surface area contributed by atoms with Crippen molar-refractivity contribution in [1.82, 2.24) is 15.6 Å². The maximum atomic E-state index is 13.5. The molecule has 0 amide bonds. The van der Waals surface area contributed by atoms with E-state index in [1.54, 1.807) is 18.3 Å². The number of benzene rings is 1. The van der Waals surface area contributed by atoms with E-state index in [0.29, 0.717) is 12.1 Å². The molecule has 0 saturated heterocycles. The number of alkyl halides is 6.